The van der Waals surface area contributed by atoms with E-state index in [1.165, 1.54) is 25.6 Å². The second kappa shape index (κ2) is 6.08. The fraction of sp³-hybridized carbons (Fsp3) is 0.231. The van der Waals surface area contributed by atoms with Crippen molar-refractivity contribution in [3.63, 3.8) is 0 Å². The highest BCUT2D eigenvalue weighted by Gasteiger charge is 2.12. The van der Waals surface area contributed by atoms with Crippen molar-refractivity contribution in [2.45, 2.75) is 12.5 Å². The van der Waals surface area contributed by atoms with Crippen LogP contribution in [0, 0.1) is 5.82 Å². The summed E-state index contributed by atoms with van der Waals surface area (Å²) in [7, 11) is 1.51. The number of rotatable bonds is 4. The van der Waals surface area contributed by atoms with Gasteiger partial charge in [0.1, 0.15) is 12.1 Å². The van der Waals surface area contributed by atoms with E-state index in [4.69, 9.17) is 4.74 Å². The second-order valence-electron chi connectivity index (χ2n) is 3.97. The number of ether oxygens (including phenoxy) is 1. The van der Waals surface area contributed by atoms with Gasteiger partial charge in [0.25, 0.3) is 0 Å². The van der Waals surface area contributed by atoms with E-state index in [2.05, 4.69) is 25.9 Å². The number of methoxy groups -OCH3 is 1. The molecule has 0 bridgehead atoms. The summed E-state index contributed by atoms with van der Waals surface area (Å²) in [5.74, 6) is 0.0290. The van der Waals surface area contributed by atoms with Crippen LogP contribution in [0.3, 0.4) is 0 Å². The molecule has 1 unspecified atom stereocenters. The van der Waals surface area contributed by atoms with Crippen molar-refractivity contribution in [2.75, 3.05) is 7.11 Å². The maximum atomic E-state index is 13.3. The molecule has 0 aliphatic carbocycles. The van der Waals surface area contributed by atoms with Gasteiger partial charge >= 0.3 is 0 Å². The molecule has 1 aromatic heterocycles. The van der Waals surface area contributed by atoms with E-state index >= 15 is 0 Å². The first-order chi connectivity index (χ1) is 9.08. The minimum absolute atomic E-state index is 0.259. The Morgan fingerprint density at radius 3 is 2.79 bits per heavy atom. The molecule has 0 fully saturated rings. The van der Waals surface area contributed by atoms with Crippen molar-refractivity contribution in [1.82, 2.24) is 9.97 Å². The Balaban J connectivity index is 2.17. The minimum Gasteiger partial charge on any atom is -0.481 e. The molecule has 1 aromatic carbocycles. The first kappa shape index (κ1) is 13.9. The van der Waals surface area contributed by atoms with Gasteiger partial charge in [-0.15, -0.1) is 0 Å². The average Bonchev–Trinajstić information content (AvgIpc) is 2.37. The topological polar surface area (TPSA) is 55.2 Å². The van der Waals surface area contributed by atoms with Crippen LogP contribution >= 0.6 is 15.9 Å². The Labute approximate surface area is 118 Å². The third-order valence-electron chi connectivity index (χ3n) is 2.58. The van der Waals surface area contributed by atoms with Crippen molar-refractivity contribution in [3.05, 3.63) is 52.1 Å². The molecule has 1 atom stereocenters. The molecule has 0 saturated carbocycles. The number of nitrogens with zero attached hydrogens (tertiary/aromatic N) is 2. The lowest BCUT2D eigenvalue weighted by Crippen LogP contribution is -2.04. The number of aliphatic hydroxyl groups excluding tert-OH is 1. The maximum absolute atomic E-state index is 13.3. The molecule has 2 aromatic rings. The van der Waals surface area contributed by atoms with Crippen LogP contribution in [0.25, 0.3) is 0 Å². The zero-order valence-corrected chi connectivity index (χ0v) is 11.8. The normalized spacial score (nSPS) is 12.2. The molecule has 100 valence electrons. The van der Waals surface area contributed by atoms with Gasteiger partial charge in [0, 0.05) is 17.0 Å². The Morgan fingerprint density at radius 1 is 1.32 bits per heavy atom. The largest absolute Gasteiger partial charge is 0.481 e. The smallest absolute Gasteiger partial charge is 0.216 e. The molecule has 2 rings (SSSR count). The molecule has 1 heterocycles. The molecule has 0 amide bonds. The highest BCUT2D eigenvalue weighted by Crippen LogP contribution is 2.23. The molecule has 0 radical (unpaired) electrons. The number of aromatic nitrogens is 2. The van der Waals surface area contributed by atoms with Crippen LogP contribution in [-0.2, 0) is 6.42 Å². The molecule has 0 aliphatic rings. The third kappa shape index (κ3) is 3.71. The van der Waals surface area contributed by atoms with Gasteiger partial charge in [0.15, 0.2) is 0 Å². The van der Waals surface area contributed by atoms with Gasteiger partial charge in [-0.3, -0.25) is 0 Å². The highest BCUT2D eigenvalue weighted by atomic mass is 79.9. The number of benzene rings is 1. The summed E-state index contributed by atoms with van der Waals surface area (Å²) in [4.78, 5) is 7.92. The predicted molar refractivity (Wildman–Crippen MR) is 71.3 cm³/mol. The number of aliphatic hydroxyl groups is 1. The summed E-state index contributed by atoms with van der Waals surface area (Å²) in [6.07, 6.45) is 0.781. The average molecular weight is 327 g/mol. The summed E-state index contributed by atoms with van der Waals surface area (Å²) >= 11 is 3.19. The fourth-order valence-electron chi connectivity index (χ4n) is 1.68. The molecular weight excluding hydrogens is 315 g/mol. The Kier molecular flexibility index (Phi) is 4.44. The van der Waals surface area contributed by atoms with E-state index in [1.54, 1.807) is 12.1 Å². The SMILES string of the molecule is COc1cc(CC(O)c2cc(F)cc(Br)c2)ncn1. The van der Waals surface area contributed by atoms with Gasteiger partial charge in [-0.05, 0) is 23.8 Å². The van der Waals surface area contributed by atoms with Crippen LogP contribution in [0.4, 0.5) is 4.39 Å². The van der Waals surface area contributed by atoms with Gasteiger partial charge in [-0.1, -0.05) is 15.9 Å². The van der Waals surface area contributed by atoms with Gasteiger partial charge in [-0.25, -0.2) is 14.4 Å². The van der Waals surface area contributed by atoms with Crippen LogP contribution in [0.1, 0.15) is 17.4 Å². The molecule has 0 spiro atoms. The summed E-state index contributed by atoms with van der Waals surface area (Å²) in [5, 5.41) is 10.1. The summed E-state index contributed by atoms with van der Waals surface area (Å²) < 4.78 is 18.8. The van der Waals surface area contributed by atoms with Crippen LogP contribution in [0.2, 0.25) is 0 Å². The molecular formula is C13H12BrFN2O2. The van der Waals surface area contributed by atoms with Crippen molar-refractivity contribution in [2.24, 2.45) is 0 Å². The first-order valence-electron chi connectivity index (χ1n) is 5.57. The Bertz CT molecular complexity index is 560. The predicted octanol–water partition coefficient (Wildman–Crippen LogP) is 2.66. The van der Waals surface area contributed by atoms with Gasteiger partial charge in [-0.2, -0.15) is 0 Å². The molecule has 19 heavy (non-hydrogen) atoms. The van der Waals surface area contributed by atoms with E-state index in [0.717, 1.165) is 0 Å². The number of hydrogen-bond donors (Lipinski definition) is 1. The Hall–Kier alpha value is -1.53. The van der Waals surface area contributed by atoms with E-state index < -0.39 is 11.9 Å². The highest BCUT2D eigenvalue weighted by molar-refractivity contribution is 9.10. The quantitative estimate of drug-likeness (QED) is 0.938. The zero-order chi connectivity index (χ0) is 13.8. The van der Waals surface area contributed by atoms with Gasteiger partial charge < -0.3 is 9.84 Å². The van der Waals surface area contributed by atoms with Crippen LogP contribution in [0.15, 0.2) is 35.1 Å². The summed E-state index contributed by atoms with van der Waals surface area (Å²) in [6.45, 7) is 0. The minimum atomic E-state index is -0.841. The zero-order valence-electron chi connectivity index (χ0n) is 10.2. The molecule has 1 N–H and O–H groups in total. The molecule has 4 nitrogen and oxygen atoms in total. The van der Waals surface area contributed by atoms with E-state index in [0.29, 0.717) is 21.6 Å². The van der Waals surface area contributed by atoms with E-state index in [1.807, 2.05) is 0 Å². The van der Waals surface area contributed by atoms with Crippen molar-refractivity contribution < 1.29 is 14.2 Å². The van der Waals surface area contributed by atoms with E-state index in [-0.39, 0.29) is 6.42 Å². The fourth-order valence-corrected chi connectivity index (χ4v) is 2.17. The van der Waals surface area contributed by atoms with Crippen molar-refractivity contribution in [1.29, 1.82) is 0 Å². The first-order valence-corrected chi connectivity index (χ1v) is 6.37. The van der Waals surface area contributed by atoms with Gasteiger partial charge in [0.05, 0.1) is 18.9 Å². The summed E-state index contributed by atoms with van der Waals surface area (Å²) in [6, 6.07) is 5.95. The lowest BCUT2D eigenvalue weighted by Gasteiger charge is -2.11. The Morgan fingerprint density at radius 2 is 2.11 bits per heavy atom. The van der Waals surface area contributed by atoms with E-state index in [9.17, 15) is 9.50 Å². The number of halogens is 2. The third-order valence-corrected chi connectivity index (χ3v) is 3.04. The lowest BCUT2D eigenvalue weighted by atomic mass is 10.0. The van der Waals surface area contributed by atoms with Crippen LogP contribution < -0.4 is 4.74 Å². The summed E-state index contributed by atoms with van der Waals surface area (Å²) in [5.41, 5.74) is 1.11. The molecule has 0 saturated heterocycles. The monoisotopic (exact) mass is 326 g/mol. The second-order valence-corrected chi connectivity index (χ2v) is 4.89. The van der Waals surface area contributed by atoms with Crippen molar-refractivity contribution >= 4 is 15.9 Å². The maximum Gasteiger partial charge on any atom is 0.216 e. The van der Waals surface area contributed by atoms with Crippen LogP contribution in [-0.4, -0.2) is 22.2 Å². The lowest BCUT2D eigenvalue weighted by molar-refractivity contribution is 0.176. The van der Waals surface area contributed by atoms with Crippen molar-refractivity contribution in [3.8, 4) is 5.88 Å². The van der Waals surface area contributed by atoms with Crippen LogP contribution in [0.5, 0.6) is 5.88 Å². The molecule has 0 aliphatic heterocycles. The standard InChI is InChI=1S/C13H12BrFN2O2/c1-19-13-6-11(16-7-17-13)5-12(18)8-2-9(14)4-10(15)3-8/h2-4,6-7,12,18H,5H2,1H3. The van der Waals surface area contributed by atoms with Gasteiger partial charge in [0.2, 0.25) is 5.88 Å². The number of hydrogen-bond acceptors (Lipinski definition) is 4. The molecule has 6 heteroatoms.